The van der Waals surface area contributed by atoms with E-state index in [2.05, 4.69) is 16.3 Å². The molecule has 20 heavy (non-hydrogen) atoms. The van der Waals surface area contributed by atoms with Crippen LogP contribution in [0.1, 0.15) is 11.1 Å². The molecule has 0 aliphatic heterocycles. The molecular weight excluding hydrogens is 272 g/mol. The number of nitriles is 1. The molecule has 3 rings (SSSR count). The van der Waals surface area contributed by atoms with E-state index in [9.17, 15) is 5.26 Å². The monoisotopic (exact) mass is 284 g/mol. The Bertz CT molecular complexity index is 810. The third kappa shape index (κ3) is 2.00. The normalized spacial score (nSPS) is 10.8. The van der Waals surface area contributed by atoms with Gasteiger partial charge in [-0.2, -0.15) is 5.26 Å². The maximum absolute atomic E-state index is 9.34. The summed E-state index contributed by atoms with van der Waals surface area (Å²) >= 11 is 1.51. The zero-order valence-electron chi connectivity index (χ0n) is 10.8. The van der Waals surface area contributed by atoms with Gasteiger partial charge in [0.15, 0.2) is 5.16 Å². The first-order valence-electron chi connectivity index (χ1n) is 5.97. The Balaban J connectivity index is 1.91. The van der Waals surface area contributed by atoms with Crippen molar-refractivity contribution >= 4 is 23.2 Å². The molecule has 0 amide bonds. The molecule has 0 radical (unpaired) electrons. The molecule has 0 aliphatic carbocycles. The van der Waals surface area contributed by atoms with E-state index in [1.165, 1.54) is 11.8 Å². The van der Waals surface area contributed by atoms with Crippen molar-refractivity contribution < 1.29 is 0 Å². The summed E-state index contributed by atoms with van der Waals surface area (Å²) in [6.45, 7) is 0. The van der Waals surface area contributed by atoms with Gasteiger partial charge in [-0.15, -0.1) is 10.2 Å². The van der Waals surface area contributed by atoms with Gasteiger partial charge in [0.1, 0.15) is 6.07 Å². The number of hydrogen-bond donors (Lipinski definition) is 1. The van der Waals surface area contributed by atoms with Gasteiger partial charge in [-0.1, -0.05) is 17.8 Å². The molecule has 0 saturated heterocycles. The summed E-state index contributed by atoms with van der Waals surface area (Å²) in [4.78, 5) is 0. The minimum atomic E-state index is 0.384. The zero-order valence-corrected chi connectivity index (χ0v) is 11.6. The number of pyridine rings is 1. The highest BCUT2D eigenvalue weighted by molar-refractivity contribution is 7.98. The van der Waals surface area contributed by atoms with Crippen LogP contribution in [0.2, 0.25) is 0 Å². The molecule has 3 heterocycles. The summed E-state index contributed by atoms with van der Waals surface area (Å²) in [5.41, 5.74) is 8.25. The molecule has 7 heteroatoms. The highest BCUT2D eigenvalue weighted by Crippen LogP contribution is 2.26. The summed E-state index contributed by atoms with van der Waals surface area (Å²) in [5.74, 6) is 1.03. The number of aromatic nitrogens is 4. The average Bonchev–Trinajstić information content (AvgIpc) is 2.98. The second kappa shape index (κ2) is 4.90. The molecule has 3 aromatic heterocycles. The lowest BCUT2D eigenvalue weighted by atomic mass is 10.2. The van der Waals surface area contributed by atoms with Crippen LogP contribution in [0, 0.1) is 11.3 Å². The Morgan fingerprint density at radius 1 is 1.40 bits per heavy atom. The van der Waals surface area contributed by atoms with Crippen LogP contribution in [0.5, 0.6) is 0 Å². The molecule has 0 saturated carbocycles. The van der Waals surface area contributed by atoms with E-state index < -0.39 is 0 Å². The van der Waals surface area contributed by atoms with E-state index in [0.717, 1.165) is 16.2 Å². The van der Waals surface area contributed by atoms with Crippen molar-refractivity contribution in [3.8, 4) is 6.07 Å². The Hall–Kier alpha value is -2.46. The second-order valence-corrected chi connectivity index (χ2v) is 5.27. The molecule has 0 aromatic carbocycles. The first kappa shape index (κ1) is 12.6. The van der Waals surface area contributed by atoms with E-state index >= 15 is 0 Å². The molecule has 0 aliphatic rings. The third-order valence-corrected chi connectivity index (χ3v) is 4.17. The average molecular weight is 284 g/mol. The fourth-order valence-electron chi connectivity index (χ4n) is 2.01. The van der Waals surface area contributed by atoms with Crippen LogP contribution < -0.4 is 5.73 Å². The first-order valence-corrected chi connectivity index (χ1v) is 6.95. The van der Waals surface area contributed by atoms with Crippen molar-refractivity contribution in [2.45, 2.75) is 10.9 Å². The zero-order chi connectivity index (χ0) is 14.1. The van der Waals surface area contributed by atoms with Gasteiger partial charge in [-0.3, -0.25) is 4.57 Å². The number of nitrogens with zero attached hydrogens (tertiary/aromatic N) is 5. The maximum atomic E-state index is 9.34. The lowest BCUT2D eigenvalue weighted by molar-refractivity contribution is 0.796. The first-order chi connectivity index (χ1) is 9.70. The molecule has 0 spiro atoms. The van der Waals surface area contributed by atoms with Crippen molar-refractivity contribution in [1.29, 1.82) is 5.26 Å². The highest BCUT2D eigenvalue weighted by Gasteiger charge is 2.12. The predicted molar refractivity (Wildman–Crippen MR) is 77.1 cm³/mol. The highest BCUT2D eigenvalue weighted by atomic mass is 32.2. The van der Waals surface area contributed by atoms with Gasteiger partial charge in [0.25, 0.3) is 0 Å². The Kier molecular flexibility index (Phi) is 3.08. The topological polar surface area (TPSA) is 84.9 Å². The number of hydrogen-bond acceptors (Lipinski definition) is 5. The molecule has 2 N–H and O–H groups in total. The van der Waals surface area contributed by atoms with Crippen molar-refractivity contribution in [3.63, 3.8) is 0 Å². The van der Waals surface area contributed by atoms with Crippen LogP contribution in [-0.2, 0) is 12.8 Å². The summed E-state index contributed by atoms with van der Waals surface area (Å²) in [6, 6.07) is 8.08. The van der Waals surface area contributed by atoms with Gasteiger partial charge in [0.05, 0.1) is 11.1 Å². The quantitative estimate of drug-likeness (QED) is 0.741. The summed E-state index contributed by atoms with van der Waals surface area (Å²) in [6.07, 6.45) is 3.91. The molecule has 0 unspecified atom stereocenters. The van der Waals surface area contributed by atoms with Gasteiger partial charge in [-0.05, 0) is 17.7 Å². The molecule has 3 aromatic rings. The third-order valence-electron chi connectivity index (χ3n) is 3.10. The van der Waals surface area contributed by atoms with Gasteiger partial charge in [-0.25, -0.2) is 0 Å². The Morgan fingerprint density at radius 3 is 2.95 bits per heavy atom. The van der Waals surface area contributed by atoms with Gasteiger partial charge in [0, 0.05) is 25.2 Å². The lowest BCUT2D eigenvalue weighted by Crippen LogP contribution is -1.98. The minimum Gasteiger partial charge on any atom is -0.368 e. The maximum Gasteiger partial charge on any atom is 0.222 e. The molecule has 0 bridgehead atoms. The Labute approximate surface area is 119 Å². The van der Waals surface area contributed by atoms with E-state index in [0.29, 0.717) is 17.3 Å². The lowest BCUT2D eigenvalue weighted by Gasteiger charge is -2.00. The van der Waals surface area contributed by atoms with Crippen LogP contribution in [0.3, 0.4) is 0 Å². The van der Waals surface area contributed by atoms with E-state index in [-0.39, 0.29) is 0 Å². The molecule has 0 fully saturated rings. The number of rotatable bonds is 3. The fourth-order valence-corrected chi connectivity index (χ4v) is 2.90. The van der Waals surface area contributed by atoms with Crippen LogP contribution in [0.25, 0.3) is 5.52 Å². The summed E-state index contributed by atoms with van der Waals surface area (Å²) in [7, 11) is 1.82. The molecule has 100 valence electrons. The van der Waals surface area contributed by atoms with E-state index in [1.807, 2.05) is 42.0 Å². The SMILES string of the molecule is Cn1c(N)nnc1SCc1cn2ccccc2c1C#N. The molecular formula is C13H12N6S. The smallest absolute Gasteiger partial charge is 0.222 e. The van der Waals surface area contributed by atoms with E-state index in [4.69, 9.17) is 5.73 Å². The minimum absolute atomic E-state index is 0.384. The standard InChI is InChI=1S/C13H12N6S/c1-18-12(15)16-17-13(18)20-8-9-7-19-5-3-2-4-11(19)10(9)6-14/h2-5,7H,8H2,1H3,(H2,15,16). The van der Waals surface area contributed by atoms with Crippen molar-refractivity contribution in [2.75, 3.05) is 5.73 Å². The number of thioether (sulfide) groups is 1. The van der Waals surface area contributed by atoms with Gasteiger partial charge < -0.3 is 10.1 Å². The molecule has 6 nitrogen and oxygen atoms in total. The van der Waals surface area contributed by atoms with Crippen molar-refractivity contribution in [3.05, 3.63) is 41.7 Å². The molecule has 0 atom stereocenters. The number of nitrogens with two attached hydrogens (primary N) is 1. The van der Waals surface area contributed by atoms with Gasteiger partial charge in [0.2, 0.25) is 5.95 Å². The van der Waals surface area contributed by atoms with Crippen LogP contribution >= 0.6 is 11.8 Å². The number of anilines is 1. The van der Waals surface area contributed by atoms with Crippen molar-refractivity contribution in [1.82, 2.24) is 19.2 Å². The Morgan fingerprint density at radius 2 is 2.25 bits per heavy atom. The van der Waals surface area contributed by atoms with Crippen LogP contribution in [0.4, 0.5) is 5.95 Å². The summed E-state index contributed by atoms with van der Waals surface area (Å²) < 4.78 is 3.69. The van der Waals surface area contributed by atoms with Gasteiger partial charge >= 0.3 is 0 Å². The predicted octanol–water partition coefficient (Wildman–Crippen LogP) is 1.81. The summed E-state index contributed by atoms with van der Waals surface area (Å²) in [5, 5.41) is 17.9. The van der Waals surface area contributed by atoms with Crippen molar-refractivity contribution in [2.24, 2.45) is 7.05 Å². The largest absolute Gasteiger partial charge is 0.368 e. The second-order valence-electron chi connectivity index (χ2n) is 4.32. The number of nitrogen functional groups attached to an aromatic ring is 1. The van der Waals surface area contributed by atoms with E-state index in [1.54, 1.807) is 4.57 Å². The fraction of sp³-hybridized carbons (Fsp3) is 0.154. The van der Waals surface area contributed by atoms with Crippen LogP contribution in [0.15, 0.2) is 35.7 Å². The van der Waals surface area contributed by atoms with Crippen LogP contribution in [-0.4, -0.2) is 19.2 Å². The number of fused-ring (bicyclic) bond motifs is 1.